The molecule has 6 nitrogen and oxygen atoms in total. The summed E-state index contributed by atoms with van der Waals surface area (Å²) >= 11 is 0. The van der Waals surface area contributed by atoms with E-state index in [2.05, 4.69) is 5.32 Å². The van der Waals surface area contributed by atoms with E-state index in [1.807, 2.05) is 0 Å². The standard InChI is InChI=1S/C16H23NO5S/c1-12-8-9-13(11-14(12)23(2,21)22)16(20)17-10-6-4-3-5-7-15(18)19/h8-9,11H,3-7,10H2,1-2H3,(H,17,20)(H,18,19). The van der Waals surface area contributed by atoms with Crippen LogP contribution in [0.15, 0.2) is 23.1 Å². The minimum atomic E-state index is -3.36. The van der Waals surface area contributed by atoms with Crippen LogP contribution in [0.2, 0.25) is 0 Å². The zero-order valence-corrected chi connectivity index (χ0v) is 14.3. The van der Waals surface area contributed by atoms with Gasteiger partial charge in [-0.05, 0) is 37.5 Å². The Kier molecular flexibility index (Phi) is 7.22. The first-order valence-electron chi connectivity index (χ1n) is 7.52. The molecule has 23 heavy (non-hydrogen) atoms. The topological polar surface area (TPSA) is 101 Å². The lowest BCUT2D eigenvalue weighted by molar-refractivity contribution is -0.137. The number of nitrogens with one attached hydrogen (secondary N) is 1. The normalized spacial score (nSPS) is 11.2. The van der Waals surface area contributed by atoms with Gasteiger partial charge in [0, 0.05) is 24.8 Å². The van der Waals surface area contributed by atoms with Crippen molar-refractivity contribution in [2.45, 2.75) is 43.9 Å². The zero-order chi connectivity index (χ0) is 17.5. The van der Waals surface area contributed by atoms with Crippen molar-refractivity contribution in [1.82, 2.24) is 5.32 Å². The third-order valence-electron chi connectivity index (χ3n) is 3.45. The molecule has 2 N–H and O–H groups in total. The third-order valence-corrected chi connectivity index (χ3v) is 4.69. The smallest absolute Gasteiger partial charge is 0.303 e. The minimum absolute atomic E-state index is 0.166. The van der Waals surface area contributed by atoms with Crippen LogP contribution in [0, 0.1) is 6.92 Å². The fourth-order valence-electron chi connectivity index (χ4n) is 2.20. The number of carboxylic acid groups (broad SMARTS) is 1. The van der Waals surface area contributed by atoms with Crippen LogP contribution in [0.5, 0.6) is 0 Å². The molecular formula is C16H23NO5S. The molecule has 1 aromatic carbocycles. The molecule has 0 unspecified atom stereocenters. The van der Waals surface area contributed by atoms with E-state index in [1.54, 1.807) is 19.1 Å². The molecule has 7 heteroatoms. The lowest BCUT2D eigenvalue weighted by Gasteiger charge is -2.08. The Morgan fingerprint density at radius 1 is 1.13 bits per heavy atom. The van der Waals surface area contributed by atoms with Crippen LogP contribution in [0.3, 0.4) is 0 Å². The molecule has 0 saturated carbocycles. The van der Waals surface area contributed by atoms with Gasteiger partial charge in [-0.2, -0.15) is 0 Å². The number of aliphatic carboxylic acids is 1. The maximum Gasteiger partial charge on any atom is 0.303 e. The Bertz CT molecular complexity index is 667. The Balaban J connectivity index is 2.45. The van der Waals surface area contributed by atoms with Crippen LogP contribution in [0.4, 0.5) is 0 Å². The fraction of sp³-hybridized carbons (Fsp3) is 0.500. The molecule has 0 aromatic heterocycles. The van der Waals surface area contributed by atoms with E-state index < -0.39 is 15.8 Å². The molecule has 1 amide bonds. The number of rotatable bonds is 9. The van der Waals surface area contributed by atoms with Crippen molar-refractivity contribution in [3.05, 3.63) is 29.3 Å². The number of amides is 1. The van der Waals surface area contributed by atoms with Gasteiger partial charge in [-0.1, -0.05) is 18.9 Å². The molecule has 0 spiro atoms. The highest BCUT2D eigenvalue weighted by Gasteiger charge is 2.14. The summed E-state index contributed by atoms with van der Waals surface area (Å²) in [4.78, 5) is 22.6. The predicted octanol–water partition coefficient (Wildman–Crippen LogP) is 2.16. The lowest BCUT2D eigenvalue weighted by atomic mass is 10.1. The summed E-state index contributed by atoms with van der Waals surface area (Å²) < 4.78 is 23.3. The van der Waals surface area contributed by atoms with Gasteiger partial charge >= 0.3 is 5.97 Å². The Morgan fingerprint density at radius 2 is 1.78 bits per heavy atom. The van der Waals surface area contributed by atoms with Gasteiger partial charge in [-0.25, -0.2) is 8.42 Å². The van der Waals surface area contributed by atoms with Crippen molar-refractivity contribution in [2.75, 3.05) is 12.8 Å². The largest absolute Gasteiger partial charge is 0.481 e. The molecule has 0 aliphatic rings. The maximum atomic E-state index is 12.0. The van der Waals surface area contributed by atoms with E-state index in [0.717, 1.165) is 25.5 Å². The number of carbonyl (C=O) groups excluding carboxylic acids is 1. The van der Waals surface area contributed by atoms with Crippen molar-refractivity contribution in [3.8, 4) is 0 Å². The number of benzene rings is 1. The molecule has 0 saturated heterocycles. The van der Waals surface area contributed by atoms with E-state index in [0.29, 0.717) is 24.1 Å². The number of sulfone groups is 1. The number of hydrogen-bond acceptors (Lipinski definition) is 4. The summed E-state index contributed by atoms with van der Waals surface area (Å²) in [6.45, 7) is 2.17. The average Bonchev–Trinajstić information content (AvgIpc) is 2.45. The second-order valence-corrected chi connectivity index (χ2v) is 7.55. The van der Waals surface area contributed by atoms with Gasteiger partial charge in [0.2, 0.25) is 0 Å². The molecule has 0 radical (unpaired) electrons. The Morgan fingerprint density at radius 3 is 2.39 bits per heavy atom. The fourth-order valence-corrected chi connectivity index (χ4v) is 3.19. The van der Waals surface area contributed by atoms with Crippen LogP contribution >= 0.6 is 0 Å². The van der Waals surface area contributed by atoms with E-state index >= 15 is 0 Å². The van der Waals surface area contributed by atoms with Crippen LogP contribution in [-0.2, 0) is 14.6 Å². The second-order valence-electron chi connectivity index (χ2n) is 5.57. The highest BCUT2D eigenvalue weighted by atomic mass is 32.2. The van der Waals surface area contributed by atoms with E-state index in [4.69, 9.17) is 5.11 Å². The predicted molar refractivity (Wildman–Crippen MR) is 87.3 cm³/mol. The average molecular weight is 341 g/mol. The van der Waals surface area contributed by atoms with Gasteiger partial charge in [-0.3, -0.25) is 9.59 Å². The van der Waals surface area contributed by atoms with E-state index in [-0.39, 0.29) is 17.2 Å². The summed E-state index contributed by atoms with van der Waals surface area (Å²) in [5, 5.41) is 11.3. The molecule has 1 rings (SSSR count). The molecule has 0 aliphatic heterocycles. The molecular weight excluding hydrogens is 318 g/mol. The van der Waals surface area contributed by atoms with Gasteiger partial charge in [0.1, 0.15) is 0 Å². The summed E-state index contributed by atoms with van der Waals surface area (Å²) in [6.07, 6.45) is 4.34. The van der Waals surface area contributed by atoms with Gasteiger partial charge in [-0.15, -0.1) is 0 Å². The molecule has 1 aromatic rings. The first-order valence-corrected chi connectivity index (χ1v) is 9.41. The van der Waals surface area contributed by atoms with Crippen LogP contribution in [0.25, 0.3) is 0 Å². The lowest BCUT2D eigenvalue weighted by Crippen LogP contribution is -2.24. The van der Waals surface area contributed by atoms with Gasteiger partial charge < -0.3 is 10.4 Å². The molecule has 128 valence electrons. The minimum Gasteiger partial charge on any atom is -0.481 e. The van der Waals surface area contributed by atoms with Crippen molar-refractivity contribution < 1.29 is 23.1 Å². The molecule has 0 heterocycles. The van der Waals surface area contributed by atoms with E-state index in [1.165, 1.54) is 6.07 Å². The monoisotopic (exact) mass is 341 g/mol. The Labute approximate surface area is 136 Å². The highest BCUT2D eigenvalue weighted by Crippen LogP contribution is 2.17. The summed E-state index contributed by atoms with van der Waals surface area (Å²) in [7, 11) is -3.36. The SMILES string of the molecule is Cc1ccc(C(=O)NCCCCCCC(=O)O)cc1S(C)(=O)=O. The van der Waals surface area contributed by atoms with Crippen molar-refractivity contribution in [3.63, 3.8) is 0 Å². The maximum absolute atomic E-state index is 12.0. The van der Waals surface area contributed by atoms with Crippen LogP contribution in [0.1, 0.15) is 48.0 Å². The molecule has 0 atom stereocenters. The molecule has 0 fully saturated rings. The highest BCUT2D eigenvalue weighted by molar-refractivity contribution is 7.90. The van der Waals surface area contributed by atoms with E-state index in [9.17, 15) is 18.0 Å². The summed E-state index contributed by atoms with van der Waals surface area (Å²) in [5.74, 6) is -1.10. The van der Waals surface area contributed by atoms with Crippen molar-refractivity contribution in [2.24, 2.45) is 0 Å². The summed E-state index contributed by atoms with van der Waals surface area (Å²) in [6, 6.07) is 4.62. The van der Waals surface area contributed by atoms with Crippen LogP contribution < -0.4 is 5.32 Å². The number of carboxylic acids is 1. The van der Waals surface area contributed by atoms with Gasteiger partial charge in [0.25, 0.3) is 5.91 Å². The third kappa shape index (κ3) is 6.81. The first-order chi connectivity index (χ1) is 10.7. The number of hydrogen-bond donors (Lipinski definition) is 2. The van der Waals surface area contributed by atoms with Crippen molar-refractivity contribution in [1.29, 1.82) is 0 Å². The van der Waals surface area contributed by atoms with Crippen molar-refractivity contribution >= 4 is 21.7 Å². The molecule has 0 bridgehead atoms. The first kappa shape index (κ1) is 19.2. The van der Waals surface area contributed by atoms with Crippen LogP contribution in [-0.4, -0.2) is 38.2 Å². The number of aryl methyl sites for hydroxylation is 1. The second kappa shape index (κ2) is 8.67. The molecule has 0 aliphatic carbocycles. The summed E-state index contributed by atoms with van der Waals surface area (Å²) in [5.41, 5.74) is 0.935. The van der Waals surface area contributed by atoms with Gasteiger partial charge in [0.15, 0.2) is 9.84 Å². The zero-order valence-electron chi connectivity index (χ0n) is 13.5. The Hall–Kier alpha value is -1.89. The van der Waals surface area contributed by atoms with Gasteiger partial charge in [0.05, 0.1) is 4.90 Å². The number of carbonyl (C=O) groups is 2. The number of unbranched alkanes of at least 4 members (excludes halogenated alkanes) is 3. The quantitative estimate of drug-likeness (QED) is 0.670.